The Morgan fingerprint density at radius 3 is 1.16 bits per heavy atom. The van der Waals surface area contributed by atoms with Gasteiger partial charge in [-0.2, -0.15) is 43.9 Å². The Morgan fingerprint density at radius 1 is 0.440 bits per heavy atom. The minimum absolute atomic E-state index is 0.175. The van der Waals surface area contributed by atoms with Crippen LogP contribution in [0.5, 0.6) is 0 Å². The molecule has 0 aliphatic heterocycles. The molecule has 11 heteroatoms. The number of unbranched alkanes of at least 4 members (excludes halogenated alkanes) is 5. The number of alkyl halides is 11. The maximum atomic E-state index is 14.2. The van der Waals surface area contributed by atoms with Crippen LogP contribution in [0.3, 0.4) is 0 Å². The van der Waals surface area contributed by atoms with E-state index in [1.165, 1.54) is 0 Å². The Morgan fingerprint density at radius 2 is 0.760 bits per heavy atom. The molecule has 0 radical (unpaired) electrons. The number of halogens is 11. The molecule has 0 heterocycles. The van der Waals surface area contributed by atoms with Crippen LogP contribution in [-0.4, -0.2) is 35.3 Å². The van der Waals surface area contributed by atoms with E-state index < -0.39 is 48.1 Å². The van der Waals surface area contributed by atoms with E-state index in [0.717, 1.165) is 6.42 Å². The molecule has 0 saturated heterocycles. The lowest BCUT2D eigenvalue weighted by Gasteiger charge is -2.52. The Hall–Kier alpha value is -0.770. The standard InChI is InChI=1S/C14H17F11/c1-2-3-4-5-6-7-8-9(15)10(16,17)12(20,21)14(24,25)13(22,23)11(9,18)19/h2-8H2,1H3. The second-order valence-corrected chi connectivity index (χ2v) is 6.19. The van der Waals surface area contributed by atoms with E-state index in [9.17, 15) is 48.3 Å². The van der Waals surface area contributed by atoms with Crippen LogP contribution in [0.4, 0.5) is 48.3 Å². The van der Waals surface area contributed by atoms with Crippen LogP contribution >= 0.6 is 0 Å². The van der Waals surface area contributed by atoms with Gasteiger partial charge in [0.2, 0.25) is 5.67 Å². The van der Waals surface area contributed by atoms with Crippen molar-refractivity contribution in [1.29, 1.82) is 0 Å². The van der Waals surface area contributed by atoms with Gasteiger partial charge in [-0.05, 0) is 12.8 Å². The maximum absolute atomic E-state index is 14.2. The van der Waals surface area contributed by atoms with Crippen molar-refractivity contribution in [2.45, 2.75) is 87.2 Å². The number of hydrogen-bond acceptors (Lipinski definition) is 0. The Labute approximate surface area is 136 Å². The average molecular weight is 394 g/mol. The van der Waals surface area contributed by atoms with E-state index in [-0.39, 0.29) is 12.8 Å². The first-order valence-corrected chi connectivity index (χ1v) is 7.64. The Balaban J connectivity index is 3.18. The highest BCUT2D eigenvalue weighted by atomic mass is 19.4. The fourth-order valence-electron chi connectivity index (χ4n) is 2.75. The van der Waals surface area contributed by atoms with Gasteiger partial charge in [0.05, 0.1) is 0 Å². The zero-order valence-corrected chi connectivity index (χ0v) is 13.1. The minimum Gasteiger partial charge on any atom is -0.230 e. The molecule has 0 bridgehead atoms. The zero-order chi connectivity index (χ0) is 19.9. The van der Waals surface area contributed by atoms with Gasteiger partial charge in [-0.15, -0.1) is 0 Å². The van der Waals surface area contributed by atoms with E-state index in [1.807, 2.05) is 6.92 Å². The summed E-state index contributed by atoms with van der Waals surface area (Å²) in [6, 6.07) is 0. The topological polar surface area (TPSA) is 0 Å². The van der Waals surface area contributed by atoms with Crippen molar-refractivity contribution in [3.05, 3.63) is 0 Å². The van der Waals surface area contributed by atoms with E-state index >= 15 is 0 Å². The van der Waals surface area contributed by atoms with Gasteiger partial charge < -0.3 is 0 Å². The van der Waals surface area contributed by atoms with E-state index in [1.54, 1.807) is 0 Å². The van der Waals surface area contributed by atoms with Crippen LogP contribution in [0.2, 0.25) is 0 Å². The zero-order valence-electron chi connectivity index (χ0n) is 13.1. The van der Waals surface area contributed by atoms with Gasteiger partial charge in [0.1, 0.15) is 0 Å². The van der Waals surface area contributed by atoms with Crippen molar-refractivity contribution in [3.8, 4) is 0 Å². The molecule has 0 aromatic rings. The quantitative estimate of drug-likeness (QED) is 0.336. The van der Waals surface area contributed by atoms with Gasteiger partial charge in [0.25, 0.3) is 0 Å². The summed E-state index contributed by atoms with van der Waals surface area (Å²) in [5.74, 6) is -34.5. The Bertz CT molecular complexity index is 439. The van der Waals surface area contributed by atoms with Gasteiger partial charge in [0.15, 0.2) is 0 Å². The second-order valence-electron chi connectivity index (χ2n) is 6.19. The molecule has 0 nitrogen and oxygen atoms in total. The largest absolute Gasteiger partial charge is 0.384 e. The van der Waals surface area contributed by atoms with Crippen LogP contribution in [0.15, 0.2) is 0 Å². The molecule has 1 fully saturated rings. The summed E-state index contributed by atoms with van der Waals surface area (Å²) in [5, 5.41) is 0. The average Bonchev–Trinajstić information content (AvgIpc) is 2.48. The molecular weight excluding hydrogens is 377 g/mol. The molecule has 0 atom stereocenters. The predicted octanol–water partition coefficient (Wildman–Crippen LogP) is 6.64. The molecule has 0 N–H and O–H groups in total. The summed E-state index contributed by atoms with van der Waals surface area (Å²) in [7, 11) is 0. The van der Waals surface area contributed by atoms with Crippen LogP contribution < -0.4 is 0 Å². The van der Waals surface area contributed by atoms with Gasteiger partial charge in [-0.3, -0.25) is 0 Å². The molecule has 0 amide bonds. The smallest absolute Gasteiger partial charge is 0.230 e. The van der Waals surface area contributed by atoms with Crippen LogP contribution in [0.25, 0.3) is 0 Å². The highest BCUT2D eigenvalue weighted by Gasteiger charge is 3.00. The molecular formula is C14H17F11. The number of hydrogen-bond donors (Lipinski definition) is 0. The molecule has 0 spiro atoms. The summed E-state index contributed by atoms with van der Waals surface area (Å²) >= 11 is 0. The summed E-state index contributed by atoms with van der Waals surface area (Å²) in [5.41, 5.74) is -5.81. The SMILES string of the molecule is CCCCCCCCC1(F)C(F)(F)C(F)(F)C(F)(F)C(F)(F)C1(F)F. The van der Waals surface area contributed by atoms with Crippen LogP contribution in [0.1, 0.15) is 51.9 Å². The molecule has 1 aliphatic carbocycles. The molecule has 0 aromatic heterocycles. The van der Waals surface area contributed by atoms with Gasteiger partial charge in [-0.25, -0.2) is 4.39 Å². The third-order valence-electron chi connectivity index (χ3n) is 4.45. The monoisotopic (exact) mass is 394 g/mol. The fourth-order valence-corrected chi connectivity index (χ4v) is 2.75. The van der Waals surface area contributed by atoms with Crippen molar-refractivity contribution in [2.24, 2.45) is 0 Å². The maximum Gasteiger partial charge on any atom is 0.384 e. The summed E-state index contributed by atoms with van der Waals surface area (Å²) < 4.78 is 147. The third-order valence-corrected chi connectivity index (χ3v) is 4.45. The van der Waals surface area contributed by atoms with Gasteiger partial charge in [-0.1, -0.05) is 39.0 Å². The van der Waals surface area contributed by atoms with Gasteiger partial charge in [0, 0.05) is 0 Å². The summed E-state index contributed by atoms with van der Waals surface area (Å²) in [4.78, 5) is 0. The molecule has 0 unspecified atom stereocenters. The minimum atomic E-state index is -7.12. The fraction of sp³-hybridized carbons (Fsp3) is 1.00. The van der Waals surface area contributed by atoms with Crippen molar-refractivity contribution in [2.75, 3.05) is 0 Å². The summed E-state index contributed by atoms with van der Waals surface area (Å²) in [6.07, 6.45) is -0.960. The lowest BCUT2D eigenvalue weighted by atomic mass is 9.70. The highest BCUT2D eigenvalue weighted by Crippen LogP contribution is 2.70. The molecule has 1 saturated carbocycles. The number of rotatable bonds is 7. The normalized spacial score (nSPS) is 27.8. The molecule has 25 heavy (non-hydrogen) atoms. The van der Waals surface area contributed by atoms with Crippen molar-refractivity contribution < 1.29 is 48.3 Å². The molecule has 0 aromatic carbocycles. The second kappa shape index (κ2) is 6.44. The van der Waals surface area contributed by atoms with E-state index in [2.05, 4.69) is 0 Å². The van der Waals surface area contributed by atoms with Crippen molar-refractivity contribution in [3.63, 3.8) is 0 Å². The van der Waals surface area contributed by atoms with E-state index in [4.69, 9.17) is 0 Å². The molecule has 1 aliphatic rings. The highest BCUT2D eigenvalue weighted by molar-refractivity contribution is 5.26. The lowest BCUT2D eigenvalue weighted by Crippen LogP contribution is -2.83. The summed E-state index contributed by atoms with van der Waals surface area (Å²) in [6.45, 7) is 1.81. The van der Waals surface area contributed by atoms with Crippen molar-refractivity contribution in [1.82, 2.24) is 0 Å². The predicted molar refractivity (Wildman–Crippen MR) is 66.6 cm³/mol. The van der Waals surface area contributed by atoms with Crippen LogP contribution in [0, 0.1) is 0 Å². The first-order valence-electron chi connectivity index (χ1n) is 7.64. The van der Waals surface area contributed by atoms with Crippen LogP contribution in [-0.2, 0) is 0 Å². The van der Waals surface area contributed by atoms with E-state index in [0.29, 0.717) is 12.8 Å². The molecule has 1 rings (SSSR count). The third kappa shape index (κ3) is 2.70. The first kappa shape index (κ1) is 22.3. The Kier molecular flexibility index (Phi) is 5.73. The molecule has 150 valence electrons. The van der Waals surface area contributed by atoms with Gasteiger partial charge >= 0.3 is 29.6 Å². The van der Waals surface area contributed by atoms with Crippen molar-refractivity contribution >= 4 is 0 Å². The lowest BCUT2D eigenvalue weighted by molar-refractivity contribution is -0.485. The first-order chi connectivity index (χ1) is 11.1.